The molecule has 0 aromatic heterocycles. The van der Waals surface area contributed by atoms with E-state index in [1.54, 1.807) is 0 Å². The first-order chi connectivity index (χ1) is 15.7. The van der Waals surface area contributed by atoms with Crippen molar-refractivity contribution >= 4 is 6.03 Å². The number of aliphatic hydroxyl groups is 1. The molecule has 3 atom stereocenters. The molecule has 1 aliphatic carbocycles. The van der Waals surface area contributed by atoms with Gasteiger partial charge in [0.1, 0.15) is 0 Å². The lowest BCUT2D eigenvalue weighted by molar-refractivity contribution is -0.0591. The number of fused-ring (bicyclic) bond motifs is 1. The Balaban J connectivity index is 1.33. The molecule has 0 unspecified atom stereocenters. The zero-order chi connectivity index (χ0) is 21.9. The van der Waals surface area contributed by atoms with Crippen LogP contribution in [0.3, 0.4) is 0 Å². The van der Waals surface area contributed by atoms with E-state index in [0.717, 1.165) is 45.3 Å². The maximum atomic E-state index is 13.0. The minimum absolute atomic E-state index is 0.101. The molecule has 32 heavy (non-hydrogen) atoms. The van der Waals surface area contributed by atoms with E-state index in [4.69, 9.17) is 0 Å². The Morgan fingerprint density at radius 3 is 2.31 bits per heavy atom. The van der Waals surface area contributed by atoms with Crippen molar-refractivity contribution in [2.75, 3.05) is 26.2 Å². The van der Waals surface area contributed by atoms with E-state index in [-0.39, 0.29) is 30.6 Å². The van der Waals surface area contributed by atoms with Gasteiger partial charge in [-0.1, -0.05) is 67.4 Å². The van der Waals surface area contributed by atoms with E-state index in [1.807, 2.05) is 11.0 Å². The van der Waals surface area contributed by atoms with Crippen molar-refractivity contribution in [1.29, 1.82) is 0 Å². The van der Waals surface area contributed by atoms with Crippen LogP contribution in [0.15, 0.2) is 54.6 Å². The van der Waals surface area contributed by atoms with Gasteiger partial charge in [-0.05, 0) is 48.9 Å². The van der Waals surface area contributed by atoms with Gasteiger partial charge in [0, 0.05) is 37.1 Å². The Hall–Kier alpha value is -2.37. The smallest absolute Gasteiger partial charge is 0.317 e. The number of urea groups is 1. The fourth-order valence-corrected chi connectivity index (χ4v) is 5.99. The highest BCUT2D eigenvalue weighted by Gasteiger charge is 2.49. The Kier molecular flexibility index (Phi) is 6.47. The van der Waals surface area contributed by atoms with Gasteiger partial charge >= 0.3 is 6.03 Å². The van der Waals surface area contributed by atoms with Crippen molar-refractivity contribution in [3.05, 3.63) is 60.2 Å². The molecule has 170 valence electrons. The highest BCUT2D eigenvalue weighted by molar-refractivity contribution is 5.74. The summed E-state index contributed by atoms with van der Waals surface area (Å²) in [6.07, 6.45) is 6.76. The zero-order valence-corrected chi connectivity index (χ0v) is 18.8. The van der Waals surface area contributed by atoms with E-state index >= 15 is 0 Å². The molecule has 2 aromatic rings. The van der Waals surface area contributed by atoms with Gasteiger partial charge in [0.15, 0.2) is 0 Å². The van der Waals surface area contributed by atoms with Crippen LogP contribution in [-0.4, -0.2) is 65.3 Å². The maximum absolute atomic E-state index is 13.0. The third-order valence-electron chi connectivity index (χ3n) is 7.74. The second kappa shape index (κ2) is 9.63. The van der Waals surface area contributed by atoms with Gasteiger partial charge in [0.2, 0.25) is 0 Å². The minimum Gasteiger partial charge on any atom is -0.395 e. The summed E-state index contributed by atoms with van der Waals surface area (Å²) in [5, 5.41) is 13.5. The zero-order valence-electron chi connectivity index (χ0n) is 18.8. The summed E-state index contributed by atoms with van der Waals surface area (Å²) in [4.78, 5) is 17.5. The SMILES string of the molecule is O=C(NC1CCCC1)N1CCCCN2[C@@H](CO)[C@H](c3ccc(-c4ccccc4)cc3)[C@@H]2C1. The molecule has 2 aliphatic heterocycles. The number of nitrogens with one attached hydrogen (secondary N) is 1. The van der Waals surface area contributed by atoms with Crippen LogP contribution in [0.2, 0.25) is 0 Å². The molecule has 3 aliphatic rings. The lowest BCUT2D eigenvalue weighted by atomic mass is 9.74. The van der Waals surface area contributed by atoms with Crippen LogP contribution in [-0.2, 0) is 0 Å². The largest absolute Gasteiger partial charge is 0.395 e. The Bertz CT molecular complexity index is 895. The molecule has 2 N–H and O–H groups in total. The summed E-state index contributed by atoms with van der Waals surface area (Å²) >= 11 is 0. The lowest BCUT2D eigenvalue weighted by Gasteiger charge is -2.57. The third kappa shape index (κ3) is 4.28. The predicted molar refractivity (Wildman–Crippen MR) is 128 cm³/mol. The van der Waals surface area contributed by atoms with Crippen LogP contribution in [0.5, 0.6) is 0 Å². The number of aliphatic hydroxyl groups excluding tert-OH is 1. The lowest BCUT2D eigenvalue weighted by Crippen LogP contribution is -2.68. The maximum Gasteiger partial charge on any atom is 0.317 e. The number of nitrogens with zero attached hydrogens (tertiary/aromatic N) is 2. The topological polar surface area (TPSA) is 55.8 Å². The minimum atomic E-state index is 0.101. The molecule has 2 heterocycles. The quantitative estimate of drug-likeness (QED) is 0.759. The van der Waals surface area contributed by atoms with E-state index < -0.39 is 0 Å². The van der Waals surface area contributed by atoms with Gasteiger partial charge in [-0.2, -0.15) is 0 Å². The summed E-state index contributed by atoms with van der Waals surface area (Å²) in [7, 11) is 0. The van der Waals surface area contributed by atoms with E-state index in [0.29, 0.717) is 6.04 Å². The Morgan fingerprint density at radius 1 is 0.906 bits per heavy atom. The fraction of sp³-hybridized carbons (Fsp3) is 0.519. The van der Waals surface area contributed by atoms with Gasteiger partial charge in [-0.15, -0.1) is 0 Å². The molecule has 5 rings (SSSR count). The van der Waals surface area contributed by atoms with Crippen LogP contribution in [0.4, 0.5) is 4.79 Å². The number of benzene rings is 2. The van der Waals surface area contributed by atoms with Crippen LogP contribution < -0.4 is 5.32 Å². The number of hydrogen-bond acceptors (Lipinski definition) is 3. The molecule has 2 amide bonds. The first-order valence-electron chi connectivity index (χ1n) is 12.3. The molecule has 0 radical (unpaired) electrons. The number of amides is 2. The summed E-state index contributed by atoms with van der Waals surface area (Å²) in [5.41, 5.74) is 3.69. The molecule has 3 fully saturated rings. The van der Waals surface area contributed by atoms with Gasteiger partial charge in [0.25, 0.3) is 0 Å². The molecular weight excluding hydrogens is 398 g/mol. The van der Waals surface area contributed by atoms with Crippen molar-refractivity contribution in [3.8, 4) is 11.1 Å². The summed E-state index contributed by atoms with van der Waals surface area (Å²) in [6, 6.07) is 20.1. The molecule has 1 saturated carbocycles. The van der Waals surface area contributed by atoms with Crippen LogP contribution in [0.25, 0.3) is 11.1 Å². The van der Waals surface area contributed by atoms with Gasteiger partial charge in [-0.3, -0.25) is 4.90 Å². The van der Waals surface area contributed by atoms with Crippen molar-refractivity contribution in [1.82, 2.24) is 15.1 Å². The highest BCUT2D eigenvalue weighted by atomic mass is 16.3. The Morgan fingerprint density at radius 2 is 1.59 bits per heavy atom. The normalized spacial score (nSPS) is 26.7. The number of carbonyl (C=O) groups excluding carboxylic acids is 1. The van der Waals surface area contributed by atoms with Crippen LogP contribution >= 0.6 is 0 Å². The van der Waals surface area contributed by atoms with E-state index in [1.165, 1.54) is 29.5 Å². The van der Waals surface area contributed by atoms with E-state index in [9.17, 15) is 9.90 Å². The predicted octanol–water partition coefficient (Wildman–Crippen LogP) is 4.23. The first kappa shape index (κ1) is 21.5. The van der Waals surface area contributed by atoms with Crippen molar-refractivity contribution in [3.63, 3.8) is 0 Å². The average Bonchev–Trinajstić information content (AvgIpc) is 3.32. The molecule has 0 spiro atoms. The molecule has 2 saturated heterocycles. The molecule has 2 aromatic carbocycles. The standard InChI is InChI=1S/C27H35N3O2/c31-19-25-26(22-14-12-21(13-15-22)20-8-2-1-3-9-20)24-18-29(16-6-7-17-30(24)25)27(32)28-23-10-4-5-11-23/h1-3,8-9,12-15,23-26,31H,4-7,10-11,16-19H2,(H,28,32)/t24-,25-,26+/m0/s1. The molecular formula is C27H35N3O2. The van der Waals surface area contributed by atoms with Gasteiger partial charge in [0.05, 0.1) is 6.61 Å². The average molecular weight is 434 g/mol. The molecule has 0 bridgehead atoms. The summed E-state index contributed by atoms with van der Waals surface area (Å²) in [6.45, 7) is 2.73. The van der Waals surface area contributed by atoms with Crippen molar-refractivity contribution in [2.45, 2.75) is 62.6 Å². The molecule has 5 heteroatoms. The highest BCUT2D eigenvalue weighted by Crippen LogP contribution is 2.42. The van der Waals surface area contributed by atoms with Gasteiger partial charge in [-0.25, -0.2) is 4.79 Å². The monoisotopic (exact) mass is 433 g/mol. The Labute approximate surface area is 191 Å². The second-order valence-corrected chi connectivity index (χ2v) is 9.65. The summed E-state index contributed by atoms with van der Waals surface area (Å²) < 4.78 is 0. The number of rotatable bonds is 4. The van der Waals surface area contributed by atoms with Crippen LogP contribution in [0.1, 0.15) is 50.0 Å². The number of hydrogen-bond donors (Lipinski definition) is 2. The van der Waals surface area contributed by atoms with Crippen molar-refractivity contribution < 1.29 is 9.90 Å². The third-order valence-corrected chi connectivity index (χ3v) is 7.74. The van der Waals surface area contributed by atoms with Gasteiger partial charge < -0.3 is 15.3 Å². The second-order valence-electron chi connectivity index (χ2n) is 9.65. The summed E-state index contributed by atoms with van der Waals surface area (Å²) in [5.74, 6) is 0.254. The van der Waals surface area contributed by atoms with E-state index in [2.05, 4.69) is 58.7 Å². The van der Waals surface area contributed by atoms with Crippen molar-refractivity contribution in [2.24, 2.45) is 0 Å². The number of carbonyl (C=O) groups is 1. The van der Waals surface area contributed by atoms with Crippen LogP contribution in [0, 0.1) is 0 Å². The molecule has 5 nitrogen and oxygen atoms in total. The first-order valence-corrected chi connectivity index (χ1v) is 12.3. The fourth-order valence-electron chi connectivity index (χ4n) is 5.99.